The molecule has 1 aliphatic heterocycles. The summed E-state index contributed by atoms with van der Waals surface area (Å²) >= 11 is 6.35. The molecular formula is C28H20ClNO6. The van der Waals surface area contributed by atoms with Gasteiger partial charge in [-0.15, -0.1) is 0 Å². The van der Waals surface area contributed by atoms with Gasteiger partial charge in [-0.05, 0) is 35.9 Å². The van der Waals surface area contributed by atoms with Gasteiger partial charge >= 0.3 is 11.3 Å². The van der Waals surface area contributed by atoms with E-state index in [1.807, 2.05) is 42.5 Å². The van der Waals surface area contributed by atoms with Crippen molar-refractivity contribution < 1.29 is 18.3 Å². The minimum atomic E-state index is -0.576. The van der Waals surface area contributed by atoms with Crippen LogP contribution in [0.5, 0.6) is 11.5 Å². The van der Waals surface area contributed by atoms with Crippen LogP contribution in [0, 0.1) is 0 Å². The topological polar surface area (TPSA) is 82.1 Å². The van der Waals surface area contributed by atoms with Gasteiger partial charge in [0.15, 0.2) is 11.3 Å². The van der Waals surface area contributed by atoms with Crippen LogP contribution in [0.25, 0.3) is 33.1 Å². The molecule has 0 aliphatic carbocycles. The number of fused-ring (bicyclic) bond motifs is 4. The number of halogens is 1. The predicted molar refractivity (Wildman–Crippen MR) is 137 cm³/mol. The number of benzene rings is 3. The molecular weight excluding hydrogens is 482 g/mol. The van der Waals surface area contributed by atoms with Gasteiger partial charge in [0.2, 0.25) is 0 Å². The van der Waals surface area contributed by atoms with E-state index in [1.54, 1.807) is 18.2 Å². The van der Waals surface area contributed by atoms with Crippen molar-refractivity contribution in [1.82, 2.24) is 4.90 Å². The van der Waals surface area contributed by atoms with Crippen molar-refractivity contribution in [2.45, 2.75) is 13.1 Å². The van der Waals surface area contributed by atoms with E-state index >= 15 is 0 Å². The third-order valence-corrected chi connectivity index (χ3v) is 6.71. The maximum atomic E-state index is 13.0. The van der Waals surface area contributed by atoms with Crippen molar-refractivity contribution in [3.05, 3.63) is 104 Å². The van der Waals surface area contributed by atoms with Gasteiger partial charge in [0.25, 0.3) is 0 Å². The first kappa shape index (κ1) is 22.4. The third-order valence-electron chi connectivity index (χ3n) is 6.34. The van der Waals surface area contributed by atoms with Gasteiger partial charge < -0.3 is 18.3 Å². The highest BCUT2D eigenvalue weighted by molar-refractivity contribution is 6.31. The van der Waals surface area contributed by atoms with Gasteiger partial charge in [-0.25, -0.2) is 9.59 Å². The van der Waals surface area contributed by atoms with Gasteiger partial charge in [0.1, 0.15) is 18.1 Å². The summed E-state index contributed by atoms with van der Waals surface area (Å²) in [6, 6.07) is 19.6. The van der Waals surface area contributed by atoms with Crippen molar-refractivity contribution in [3.63, 3.8) is 0 Å². The number of methoxy groups -OCH3 is 1. The quantitative estimate of drug-likeness (QED) is 0.297. The Morgan fingerprint density at radius 2 is 1.81 bits per heavy atom. The first-order valence-corrected chi connectivity index (χ1v) is 11.7. The lowest BCUT2D eigenvalue weighted by molar-refractivity contribution is 0.0890. The number of ether oxygens (including phenoxy) is 2. The molecule has 2 aromatic heterocycles. The average Bonchev–Trinajstić information content (AvgIpc) is 2.89. The van der Waals surface area contributed by atoms with Gasteiger partial charge in [-0.3, -0.25) is 4.90 Å². The molecule has 0 atom stereocenters. The second-order valence-electron chi connectivity index (χ2n) is 8.58. The smallest absolute Gasteiger partial charge is 0.344 e. The number of hydrogen-bond donors (Lipinski definition) is 0. The first-order valence-electron chi connectivity index (χ1n) is 11.3. The fourth-order valence-corrected chi connectivity index (χ4v) is 4.83. The predicted octanol–water partition coefficient (Wildman–Crippen LogP) is 5.58. The molecule has 0 bridgehead atoms. The number of rotatable bonds is 4. The van der Waals surface area contributed by atoms with E-state index in [4.69, 9.17) is 29.9 Å². The first-order chi connectivity index (χ1) is 17.5. The van der Waals surface area contributed by atoms with E-state index < -0.39 is 11.3 Å². The lowest BCUT2D eigenvalue weighted by atomic mass is 9.99. The van der Waals surface area contributed by atoms with E-state index in [1.165, 1.54) is 13.2 Å². The Labute approximate surface area is 210 Å². The Balaban J connectivity index is 1.48. The SMILES string of the molecule is COc1cccc2cc(-c3cc(=O)oc4c5c(ccc34)OCN(Cc3ccccc3Cl)C5)c(=O)oc12. The van der Waals surface area contributed by atoms with Crippen molar-refractivity contribution in [1.29, 1.82) is 0 Å². The van der Waals surface area contributed by atoms with Gasteiger partial charge in [0.05, 0.1) is 18.2 Å². The molecule has 6 rings (SSSR count). The number of nitrogens with zero attached hydrogens (tertiary/aromatic N) is 1. The Kier molecular flexibility index (Phi) is 5.51. The molecule has 0 spiro atoms. The molecule has 36 heavy (non-hydrogen) atoms. The maximum Gasteiger partial charge on any atom is 0.344 e. The zero-order valence-corrected chi connectivity index (χ0v) is 20.0. The molecule has 0 N–H and O–H groups in total. The third kappa shape index (κ3) is 3.82. The van der Waals surface area contributed by atoms with Crippen molar-refractivity contribution in [2.75, 3.05) is 13.8 Å². The van der Waals surface area contributed by atoms with Gasteiger partial charge in [-0.1, -0.05) is 41.9 Å². The lowest BCUT2D eigenvalue weighted by Gasteiger charge is -2.29. The van der Waals surface area contributed by atoms with E-state index in [0.29, 0.717) is 63.8 Å². The largest absolute Gasteiger partial charge is 0.493 e. The average molecular weight is 502 g/mol. The molecule has 0 saturated heterocycles. The summed E-state index contributed by atoms with van der Waals surface area (Å²) in [5.41, 5.74) is 1.98. The summed E-state index contributed by atoms with van der Waals surface area (Å²) < 4.78 is 22.6. The summed E-state index contributed by atoms with van der Waals surface area (Å²) in [5, 5.41) is 1.97. The summed E-state index contributed by atoms with van der Waals surface area (Å²) in [4.78, 5) is 27.8. The van der Waals surface area contributed by atoms with Crippen molar-refractivity contribution >= 4 is 33.5 Å². The van der Waals surface area contributed by atoms with Crippen LogP contribution in [0.1, 0.15) is 11.1 Å². The number of para-hydroxylation sites is 1. The van der Waals surface area contributed by atoms with E-state index in [-0.39, 0.29) is 5.56 Å². The summed E-state index contributed by atoms with van der Waals surface area (Å²) in [6.07, 6.45) is 0. The minimum Gasteiger partial charge on any atom is -0.493 e. The number of hydrogen-bond acceptors (Lipinski definition) is 7. The Morgan fingerprint density at radius 1 is 0.944 bits per heavy atom. The van der Waals surface area contributed by atoms with Crippen LogP contribution in [-0.2, 0) is 13.1 Å². The van der Waals surface area contributed by atoms with E-state index in [0.717, 1.165) is 11.1 Å². The van der Waals surface area contributed by atoms with Crippen LogP contribution >= 0.6 is 11.6 Å². The molecule has 0 unspecified atom stereocenters. The molecule has 0 amide bonds. The fraction of sp³-hybridized carbons (Fsp3) is 0.143. The second-order valence-corrected chi connectivity index (χ2v) is 8.98. The van der Waals surface area contributed by atoms with Gasteiger partial charge in [-0.2, -0.15) is 0 Å². The molecule has 1 aliphatic rings. The summed E-state index contributed by atoms with van der Waals surface area (Å²) in [7, 11) is 1.51. The summed E-state index contributed by atoms with van der Waals surface area (Å²) in [6.45, 7) is 1.41. The van der Waals surface area contributed by atoms with Crippen LogP contribution < -0.4 is 20.7 Å². The zero-order chi connectivity index (χ0) is 24.8. The summed E-state index contributed by atoms with van der Waals surface area (Å²) in [5.74, 6) is 1.09. The zero-order valence-electron chi connectivity index (χ0n) is 19.2. The molecule has 0 radical (unpaired) electrons. The van der Waals surface area contributed by atoms with E-state index in [2.05, 4.69) is 4.90 Å². The normalized spacial score (nSPS) is 13.5. The molecule has 180 valence electrons. The van der Waals surface area contributed by atoms with Crippen LogP contribution in [-0.4, -0.2) is 18.7 Å². The lowest BCUT2D eigenvalue weighted by Crippen LogP contribution is -2.31. The van der Waals surface area contributed by atoms with E-state index in [9.17, 15) is 9.59 Å². The fourth-order valence-electron chi connectivity index (χ4n) is 4.64. The monoisotopic (exact) mass is 501 g/mol. The highest BCUT2D eigenvalue weighted by Crippen LogP contribution is 2.37. The van der Waals surface area contributed by atoms with Crippen LogP contribution in [0.4, 0.5) is 0 Å². The molecule has 7 nitrogen and oxygen atoms in total. The standard InChI is InChI=1S/C28H20ClNO6/c1-33-24-8-4-6-16-11-20(28(32)36-26(16)24)19-12-25(31)35-27-18(19)9-10-23-21(27)14-30(15-34-23)13-17-5-2-3-7-22(17)29/h2-12H,13-15H2,1H3. The molecule has 0 fully saturated rings. The van der Waals surface area contributed by atoms with Crippen LogP contribution in [0.3, 0.4) is 0 Å². The molecule has 5 aromatic rings. The highest BCUT2D eigenvalue weighted by Gasteiger charge is 2.24. The molecule has 3 aromatic carbocycles. The van der Waals surface area contributed by atoms with Crippen molar-refractivity contribution in [2.24, 2.45) is 0 Å². The molecule has 8 heteroatoms. The molecule has 3 heterocycles. The highest BCUT2D eigenvalue weighted by atomic mass is 35.5. The minimum absolute atomic E-state index is 0.262. The Hall–Kier alpha value is -4.07. The Bertz CT molecular complexity index is 1760. The van der Waals surface area contributed by atoms with Crippen LogP contribution in [0.2, 0.25) is 5.02 Å². The Morgan fingerprint density at radius 3 is 2.64 bits per heavy atom. The molecule has 0 saturated carbocycles. The van der Waals surface area contributed by atoms with Gasteiger partial charge in [0, 0.05) is 40.5 Å². The second kappa shape index (κ2) is 8.86. The van der Waals surface area contributed by atoms with Crippen molar-refractivity contribution in [3.8, 4) is 22.6 Å². The van der Waals surface area contributed by atoms with Crippen LogP contribution in [0.15, 0.2) is 85.2 Å². The maximum absolute atomic E-state index is 13.0.